The number of aromatic nitrogens is 1. The van der Waals surface area contributed by atoms with Crippen LogP contribution in [0.3, 0.4) is 0 Å². The number of halogens is 5. The summed E-state index contributed by atoms with van der Waals surface area (Å²) in [6.07, 6.45) is -4.28. The lowest BCUT2D eigenvalue weighted by molar-refractivity contribution is -0.274. The third kappa shape index (κ3) is 3.60. The number of ether oxygens (including phenoxy) is 1. The van der Waals surface area contributed by atoms with Crippen molar-refractivity contribution in [2.24, 2.45) is 0 Å². The third-order valence-electron chi connectivity index (χ3n) is 1.67. The number of rotatable bonds is 3. The van der Waals surface area contributed by atoms with Gasteiger partial charge in [0.2, 0.25) is 0 Å². The van der Waals surface area contributed by atoms with E-state index in [0.29, 0.717) is 6.20 Å². The molecule has 17 heavy (non-hydrogen) atoms. The molecule has 94 valence electrons. The number of pyridine rings is 1. The second kappa shape index (κ2) is 5.25. The average molecular weight is 381 g/mol. The van der Waals surface area contributed by atoms with Crippen LogP contribution in [0.1, 0.15) is 15.9 Å². The Hall–Kier alpha value is -0.770. The van der Waals surface area contributed by atoms with E-state index in [-0.39, 0.29) is 15.1 Å². The molecule has 0 fully saturated rings. The number of alkyl halides is 4. The van der Waals surface area contributed by atoms with Crippen molar-refractivity contribution in [2.45, 2.75) is 12.2 Å². The predicted octanol–water partition coefficient (Wildman–Crippen LogP) is 3.02. The number of hydrogen-bond acceptors (Lipinski definition) is 3. The average Bonchev–Trinajstić information content (AvgIpc) is 2.17. The Kier molecular flexibility index (Phi) is 4.42. The zero-order valence-electron chi connectivity index (χ0n) is 7.89. The summed E-state index contributed by atoms with van der Waals surface area (Å²) in [5.41, 5.74) is -0.641. The molecule has 0 unspecified atom stereocenters. The summed E-state index contributed by atoms with van der Waals surface area (Å²) < 4.78 is 39.9. The maximum atomic E-state index is 12.0. The molecule has 0 amide bonds. The lowest BCUT2D eigenvalue weighted by Gasteiger charge is -2.13. The molecular weight excluding hydrogens is 377 g/mol. The Balaban J connectivity index is 3.36. The Labute approximate surface area is 112 Å². The number of hydrogen-bond donors (Lipinski definition) is 1. The molecule has 1 rings (SSSR count). The minimum atomic E-state index is -4.98. The molecule has 1 aromatic rings. The van der Waals surface area contributed by atoms with Crippen LogP contribution in [-0.2, 0) is 5.88 Å². The van der Waals surface area contributed by atoms with Crippen LogP contribution in [0.25, 0.3) is 0 Å². The smallest absolute Gasteiger partial charge is 0.478 e. The lowest BCUT2D eigenvalue weighted by atomic mass is 10.1. The molecule has 0 radical (unpaired) electrons. The topological polar surface area (TPSA) is 59.4 Å². The molecule has 0 aliphatic carbocycles. The zero-order valence-corrected chi connectivity index (χ0v) is 10.8. The molecule has 0 spiro atoms. The molecule has 9 heteroatoms. The summed E-state index contributed by atoms with van der Waals surface area (Å²) in [4.78, 5) is 14.5. The summed E-state index contributed by atoms with van der Waals surface area (Å²) in [6.45, 7) is 0. The van der Waals surface area contributed by atoms with Gasteiger partial charge in [0.15, 0.2) is 5.75 Å². The highest BCUT2D eigenvalue weighted by Crippen LogP contribution is 2.30. The first-order valence-corrected chi connectivity index (χ1v) is 5.60. The number of carboxylic acid groups (broad SMARTS) is 1. The van der Waals surface area contributed by atoms with E-state index in [2.05, 4.69) is 9.72 Å². The van der Waals surface area contributed by atoms with Crippen molar-refractivity contribution < 1.29 is 27.8 Å². The van der Waals surface area contributed by atoms with E-state index in [4.69, 9.17) is 16.7 Å². The molecule has 0 aromatic carbocycles. The molecule has 0 bridgehead atoms. The zero-order chi connectivity index (χ0) is 13.2. The highest BCUT2D eigenvalue weighted by atomic mass is 127. The van der Waals surface area contributed by atoms with E-state index >= 15 is 0 Å². The second-order valence-electron chi connectivity index (χ2n) is 2.75. The molecule has 1 N–H and O–H groups in total. The molecule has 0 aliphatic rings. The van der Waals surface area contributed by atoms with Crippen LogP contribution in [0.5, 0.6) is 5.75 Å². The summed E-state index contributed by atoms with van der Waals surface area (Å²) in [5, 5.41) is 8.86. The molecule has 1 aromatic heterocycles. The van der Waals surface area contributed by atoms with Crippen LogP contribution in [0.4, 0.5) is 13.2 Å². The molecule has 1 heterocycles. The Morgan fingerprint density at radius 3 is 2.59 bits per heavy atom. The van der Waals surface area contributed by atoms with E-state index in [1.165, 1.54) is 0 Å². The van der Waals surface area contributed by atoms with Gasteiger partial charge in [0, 0.05) is 5.56 Å². The standard InChI is InChI=1S/C8H4ClF3INO3/c9-1-3-5(7(15)16)4(2-14-6(3)13)17-8(10,11)12/h2H,1H2,(H,15,16). The number of nitrogens with zero attached hydrogens (tertiary/aromatic N) is 1. The highest BCUT2D eigenvalue weighted by molar-refractivity contribution is 14.1. The largest absolute Gasteiger partial charge is 0.573 e. The highest BCUT2D eigenvalue weighted by Gasteiger charge is 2.34. The molecule has 0 saturated heterocycles. The first kappa shape index (κ1) is 14.3. The maximum absolute atomic E-state index is 12.0. The van der Waals surface area contributed by atoms with Gasteiger partial charge < -0.3 is 9.84 Å². The Morgan fingerprint density at radius 2 is 2.18 bits per heavy atom. The van der Waals surface area contributed by atoms with E-state index < -0.39 is 23.6 Å². The van der Waals surface area contributed by atoms with Crippen LogP contribution in [0.2, 0.25) is 0 Å². The van der Waals surface area contributed by atoms with Crippen LogP contribution >= 0.6 is 34.2 Å². The number of carbonyl (C=O) groups is 1. The summed E-state index contributed by atoms with van der Waals surface area (Å²) >= 11 is 7.16. The first-order chi connectivity index (χ1) is 7.76. The van der Waals surface area contributed by atoms with Crippen molar-refractivity contribution >= 4 is 40.2 Å². The number of aromatic carboxylic acids is 1. The van der Waals surface area contributed by atoms with Crippen molar-refractivity contribution in [1.82, 2.24) is 4.98 Å². The molecule has 0 saturated carbocycles. The van der Waals surface area contributed by atoms with Crippen LogP contribution in [0, 0.1) is 3.70 Å². The molecule has 0 atom stereocenters. The fourth-order valence-corrected chi connectivity index (χ4v) is 2.15. The van der Waals surface area contributed by atoms with Crippen molar-refractivity contribution in [3.8, 4) is 5.75 Å². The fraction of sp³-hybridized carbons (Fsp3) is 0.250. The van der Waals surface area contributed by atoms with E-state index in [0.717, 1.165) is 0 Å². The van der Waals surface area contributed by atoms with Gasteiger partial charge >= 0.3 is 12.3 Å². The Morgan fingerprint density at radius 1 is 1.59 bits per heavy atom. The summed E-state index contributed by atoms with van der Waals surface area (Å²) in [5.74, 6) is -2.71. The van der Waals surface area contributed by atoms with E-state index in [1.54, 1.807) is 22.6 Å². The maximum Gasteiger partial charge on any atom is 0.573 e. The first-order valence-electron chi connectivity index (χ1n) is 3.98. The minimum Gasteiger partial charge on any atom is -0.478 e. The van der Waals surface area contributed by atoms with Gasteiger partial charge in [-0.3, -0.25) is 0 Å². The van der Waals surface area contributed by atoms with Gasteiger partial charge in [0.05, 0.1) is 12.1 Å². The third-order valence-corrected chi connectivity index (χ3v) is 2.86. The van der Waals surface area contributed by atoms with Gasteiger partial charge in [-0.15, -0.1) is 24.8 Å². The predicted molar refractivity (Wildman–Crippen MR) is 60.2 cm³/mol. The van der Waals surface area contributed by atoms with Crippen LogP contribution in [0.15, 0.2) is 6.20 Å². The molecule has 4 nitrogen and oxygen atoms in total. The van der Waals surface area contributed by atoms with Gasteiger partial charge in [0.25, 0.3) is 0 Å². The van der Waals surface area contributed by atoms with Crippen molar-refractivity contribution in [2.75, 3.05) is 0 Å². The van der Waals surface area contributed by atoms with Gasteiger partial charge in [-0.25, -0.2) is 9.78 Å². The van der Waals surface area contributed by atoms with Gasteiger partial charge in [0.1, 0.15) is 9.26 Å². The van der Waals surface area contributed by atoms with Crippen molar-refractivity contribution in [3.63, 3.8) is 0 Å². The van der Waals surface area contributed by atoms with Crippen molar-refractivity contribution in [1.29, 1.82) is 0 Å². The molecular formula is C8H4ClF3INO3. The van der Waals surface area contributed by atoms with Crippen LogP contribution < -0.4 is 4.74 Å². The van der Waals surface area contributed by atoms with E-state index in [9.17, 15) is 18.0 Å². The van der Waals surface area contributed by atoms with Crippen molar-refractivity contribution in [3.05, 3.63) is 21.0 Å². The van der Waals surface area contributed by atoms with Gasteiger partial charge in [-0.1, -0.05) is 0 Å². The van der Waals surface area contributed by atoms with Gasteiger partial charge in [-0.05, 0) is 22.6 Å². The fourth-order valence-electron chi connectivity index (χ4n) is 1.07. The lowest BCUT2D eigenvalue weighted by Crippen LogP contribution is -2.20. The van der Waals surface area contributed by atoms with Crippen LogP contribution in [-0.4, -0.2) is 22.4 Å². The van der Waals surface area contributed by atoms with Gasteiger partial charge in [-0.2, -0.15) is 0 Å². The Bertz CT molecular complexity index is 452. The minimum absolute atomic E-state index is 0.0125. The second-order valence-corrected chi connectivity index (χ2v) is 4.04. The monoisotopic (exact) mass is 381 g/mol. The molecule has 0 aliphatic heterocycles. The SMILES string of the molecule is O=C(O)c1c(OC(F)(F)F)cnc(I)c1CCl. The summed E-state index contributed by atoms with van der Waals surface area (Å²) in [6, 6.07) is 0. The van der Waals surface area contributed by atoms with E-state index in [1.807, 2.05) is 0 Å². The summed E-state index contributed by atoms with van der Waals surface area (Å²) in [7, 11) is 0. The normalized spacial score (nSPS) is 11.4. The quantitative estimate of drug-likeness (QED) is 0.497. The number of carboxylic acids is 1.